The summed E-state index contributed by atoms with van der Waals surface area (Å²) in [6.45, 7) is 0.973. The minimum absolute atomic E-state index is 0.00760. The van der Waals surface area contributed by atoms with E-state index in [9.17, 15) is 13.2 Å². The lowest BCUT2D eigenvalue weighted by atomic mass is 10.1. The number of ether oxygens (including phenoxy) is 1. The minimum Gasteiger partial charge on any atom is -0.468 e. The molecule has 1 aromatic heterocycles. The van der Waals surface area contributed by atoms with Gasteiger partial charge in [-0.25, -0.2) is 4.98 Å². The Morgan fingerprint density at radius 3 is 2.86 bits per heavy atom. The fourth-order valence-electron chi connectivity index (χ4n) is 3.17. The van der Waals surface area contributed by atoms with Crippen LogP contribution in [0.15, 0.2) is 18.3 Å². The quantitative estimate of drug-likeness (QED) is 0.928. The van der Waals surface area contributed by atoms with E-state index in [0.717, 1.165) is 18.7 Å². The van der Waals surface area contributed by atoms with Crippen molar-refractivity contribution in [2.24, 2.45) is 0 Å². The van der Waals surface area contributed by atoms with E-state index in [1.807, 2.05) is 0 Å². The normalized spacial score (nSPS) is 25.9. The summed E-state index contributed by atoms with van der Waals surface area (Å²) < 4.78 is 40.7. The van der Waals surface area contributed by atoms with Gasteiger partial charge in [-0.1, -0.05) is 0 Å². The van der Waals surface area contributed by atoms with Gasteiger partial charge in [-0.05, 0) is 31.9 Å². The Morgan fingerprint density at radius 1 is 1.29 bits per heavy atom. The van der Waals surface area contributed by atoms with Gasteiger partial charge in [0.15, 0.2) is 6.61 Å². The van der Waals surface area contributed by atoms with Gasteiger partial charge < -0.3 is 10.1 Å². The molecule has 2 unspecified atom stereocenters. The smallest absolute Gasteiger partial charge is 0.422 e. The molecule has 0 amide bonds. The van der Waals surface area contributed by atoms with Crippen molar-refractivity contribution >= 4 is 5.69 Å². The lowest BCUT2D eigenvalue weighted by Gasteiger charge is -2.22. The van der Waals surface area contributed by atoms with E-state index in [-0.39, 0.29) is 5.88 Å². The highest BCUT2D eigenvalue weighted by Crippen LogP contribution is 2.30. The number of aromatic nitrogens is 1. The molecule has 21 heavy (non-hydrogen) atoms. The lowest BCUT2D eigenvalue weighted by Crippen LogP contribution is -2.33. The maximum atomic E-state index is 12.0. The third-order valence-corrected chi connectivity index (χ3v) is 4.08. The Labute approximate surface area is 121 Å². The van der Waals surface area contributed by atoms with E-state index in [4.69, 9.17) is 0 Å². The van der Waals surface area contributed by atoms with Crippen LogP contribution < -0.4 is 10.1 Å². The van der Waals surface area contributed by atoms with Gasteiger partial charge in [-0.3, -0.25) is 4.90 Å². The van der Waals surface area contributed by atoms with Crippen molar-refractivity contribution in [1.82, 2.24) is 9.88 Å². The zero-order valence-electron chi connectivity index (χ0n) is 11.6. The second-order valence-electron chi connectivity index (χ2n) is 5.57. The lowest BCUT2D eigenvalue weighted by molar-refractivity contribution is -0.154. The summed E-state index contributed by atoms with van der Waals surface area (Å²) in [6, 6.07) is 4.16. The third kappa shape index (κ3) is 3.58. The summed E-state index contributed by atoms with van der Waals surface area (Å²) in [5, 5.41) is 3.43. The molecular weight excluding hydrogens is 283 g/mol. The van der Waals surface area contributed by atoms with Gasteiger partial charge in [0, 0.05) is 24.7 Å². The molecule has 1 N–H and O–H groups in total. The van der Waals surface area contributed by atoms with Crippen LogP contribution in [0.25, 0.3) is 0 Å². The highest BCUT2D eigenvalue weighted by Gasteiger charge is 2.37. The van der Waals surface area contributed by atoms with E-state index >= 15 is 0 Å². The molecule has 1 aromatic rings. The van der Waals surface area contributed by atoms with Gasteiger partial charge in [-0.2, -0.15) is 13.2 Å². The van der Waals surface area contributed by atoms with Crippen LogP contribution in [0.3, 0.4) is 0 Å². The number of pyridine rings is 1. The molecule has 3 rings (SSSR count). The van der Waals surface area contributed by atoms with Crippen LogP contribution in [0.1, 0.15) is 19.3 Å². The Balaban J connectivity index is 1.55. The van der Waals surface area contributed by atoms with E-state index < -0.39 is 12.8 Å². The van der Waals surface area contributed by atoms with Gasteiger partial charge in [0.1, 0.15) is 0 Å². The number of nitrogens with zero attached hydrogens (tertiary/aromatic N) is 2. The highest BCUT2D eigenvalue weighted by atomic mass is 19.4. The molecule has 116 valence electrons. The number of alkyl halides is 3. The number of nitrogens with one attached hydrogen (secondary N) is 1. The number of halogens is 3. The molecule has 2 aliphatic rings. The van der Waals surface area contributed by atoms with Crippen LogP contribution in [0.2, 0.25) is 0 Å². The molecule has 2 saturated heterocycles. The molecule has 2 aliphatic heterocycles. The Hall–Kier alpha value is -1.50. The Morgan fingerprint density at radius 2 is 2.14 bits per heavy atom. The van der Waals surface area contributed by atoms with Crippen LogP contribution in [0, 0.1) is 0 Å². The van der Waals surface area contributed by atoms with E-state index in [1.165, 1.54) is 31.6 Å². The molecule has 0 aromatic carbocycles. The molecule has 4 nitrogen and oxygen atoms in total. The summed E-state index contributed by atoms with van der Waals surface area (Å²) in [5.74, 6) is -0.00760. The predicted molar refractivity (Wildman–Crippen MR) is 72.4 cm³/mol. The van der Waals surface area contributed by atoms with Gasteiger partial charge in [-0.15, -0.1) is 0 Å². The number of rotatable bonds is 4. The van der Waals surface area contributed by atoms with E-state index in [0.29, 0.717) is 12.1 Å². The van der Waals surface area contributed by atoms with Crippen molar-refractivity contribution < 1.29 is 17.9 Å². The first kappa shape index (κ1) is 14.4. The van der Waals surface area contributed by atoms with E-state index in [1.54, 1.807) is 6.07 Å². The standard InChI is InChI=1S/C14H18F3N3O/c15-14(16,17)9-21-13-4-3-10(8-18-13)19-11-5-7-20-6-1-2-12(11)20/h3-4,8,11-12,19H,1-2,5-7,9H2. The maximum absolute atomic E-state index is 12.0. The molecule has 2 atom stereocenters. The number of hydrogen-bond donors (Lipinski definition) is 1. The first-order valence-electron chi connectivity index (χ1n) is 7.17. The molecule has 0 radical (unpaired) electrons. The zero-order valence-corrected chi connectivity index (χ0v) is 11.6. The fourth-order valence-corrected chi connectivity index (χ4v) is 3.17. The largest absolute Gasteiger partial charge is 0.468 e. The molecule has 3 heterocycles. The van der Waals surface area contributed by atoms with Crippen LogP contribution in [-0.2, 0) is 0 Å². The summed E-state index contributed by atoms with van der Waals surface area (Å²) in [5.41, 5.74) is 0.827. The molecule has 0 saturated carbocycles. The Bertz CT molecular complexity index is 477. The summed E-state index contributed by atoms with van der Waals surface area (Å²) in [7, 11) is 0. The predicted octanol–water partition coefficient (Wildman–Crippen LogP) is 2.67. The van der Waals surface area contributed by atoms with Crippen molar-refractivity contribution in [3.05, 3.63) is 18.3 Å². The molecule has 0 spiro atoms. The molecule has 0 bridgehead atoms. The zero-order chi connectivity index (χ0) is 14.9. The van der Waals surface area contributed by atoms with E-state index in [2.05, 4.69) is 19.9 Å². The molecular formula is C14H18F3N3O. The topological polar surface area (TPSA) is 37.4 Å². The second kappa shape index (κ2) is 5.71. The first-order valence-corrected chi connectivity index (χ1v) is 7.17. The van der Waals surface area contributed by atoms with Crippen molar-refractivity contribution in [1.29, 1.82) is 0 Å². The summed E-state index contributed by atoms with van der Waals surface area (Å²) >= 11 is 0. The summed E-state index contributed by atoms with van der Waals surface area (Å²) in [6.07, 6.45) is 0.734. The van der Waals surface area contributed by atoms with Gasteiger partial charge in [0.25, 0.3) is 0 Å². The van der Waals surface area contributed by atoms with Crippen LogP contribution in [-0.4, -0.2) is 47.8 Å². The Kier molecular flexibility index (Phi) is 3.93. The monoisotopic (exact) mass is 301 g/mol. The van der Waals surface area contributed by atoms with Crippen molar-refractivity contribution in [3.63, 3.8) is 0 Å². The van der Waals surface area contributed by atoms with Gasteiger partial charge in [0.05, 0.1) is 11.9 Å². The first-order chi connectivity index (χ1) is 10.0. The van der Waals surface area contributed by atoms with Crippen molar-refractivity contribution in [2.45, 2.75) is 37.5 Å². The minimum atomic E-state index is -4.34. The van der Waals surface area contributed by atoms with Crippen LogP contribution >= 0.6 is 0 Å². The van der Waals surface area contributed by atoms with Gasteiger partial charge in [0.2, 0.25) is 5.88 Å². The molecule has 2 fully saturated rings. The van der Waals surface area contributed by atoms with Crippen LogP contribution in [0.4, 0.5) is 18.9 Å². The highest BCUT2D eigenvalue weighted by molar-refractivity contribution is 5.43. The fraction of sp³-hybridized carbons (Fsp3) is 0.643. The third-order valence-electron chi connectivity index (χ3n) is 4.08. The number of anilines is 1. The number of fused-ring (bicyclic) bond motifs is 1. The summed E-state index contributed by atoms with van der Waals surface area (Å²) in [4.78, 5) is 6.40. The van der Waals surface area contributed by atoms with Crippen molar-refractivity contribution in [2.75, 3.05) is 25.0 Å². The SMILES string of the molecule is FC(F)(F)COc1ccc(NC2CCN3CCCC23)cn1. The molecule has 7 heteroatoms. The maximum Gasteiger partial charge on any atom is 0.422 e. The van der Waals surface area contributed by atoms with Crippen LogP contribution in [0.5, 0.6) is 5.88 Å². The van der Waals surface area contributed by atoms with Crippen molar-refractivity contribution in [3.8, 4) is 5.88 Å². The molecule has 0 aliphatic carbocycles. The second-order valence-corrected chi connectivity index (χ2v) is 5.57. The number of hydrogen-bond acceptors (Lipinski definition) is 4. The average molecular weight is 301 g/mol. The van der Waals surface area contributed by atoms with Gasteiger partial charge >= 0.3 is 6.18 Å². The average Bonchev–Trinajstić information content (AvgIpc) is 3.02.